The molecule has 0 atom stereocenters. The van der Waals surface area contributed by atoms with Gasteiger partial charge in [-0.15, -0.1) is 0 Å². The molecule has 0 radical (unpaired) electrons. The molecule has 1 N–H and O–H groups in total. The van der Waals surface area contributed by atoms with E-state index in [0.717, 1.165) is 11.9 Å². The summed E-state index contributed by atoms with van der Waals surface area (Å²) in [4.78, 5) is 11.9. The first-order valence-corrected chi connectivity index (χ1v) is 7.73. The van der Waals surface area contributed by atoms with E-state index in [4.69, 9.17) is 4.52 Å². The van der Waals surface area contributed by atoms with Crippen molar-refractivity contribution in [2.75, 3.05) is 6.26 Å². The van der Waals surface area contributed by atoms with Gasteiger partial charge in [-0.3, -0.25) is 9.36 Å². The smallest absolute Gasteiger partial charge is 0.266 e. The van der Waals surface area contributed by atoms with E-state index in [1.807, 2.05) is 4.72 Å². The Morgan fingerprint density at radius 3 is 2.45 bits per heavy atom. The maximum Gasteiger partial charge on any atom is 0.266 e. The van der Waals surface area contributed by atoms with Crippen molar-refractivity contribution in [2.24, 2.45) is 0 Å². The Balaban J connectivity index is 2.47. The molecule has 2 aromatic rings. The molecule has 0 fully saturated rings. The third-order valence-corrected chi connectivity index (χ3v) is 3.35. The summed E-state index contributed by atoms with van der Waals surface area (Å²) in [5.41, 5.74) is 1.64. The Morgan fingerprint density at radius 2 is 1.95 bits per heavy atom. The lowest BCUT2D eigenvalue weighted by atomic mass is 10.2. The third-order valence-electron chi connectivity index (χ3n) is 2.80. The summed E-state index contributed by atoms with van der Waals surface area (Å²) in [6.07, 6.45) is 0.936. The van der Waals surface area contributed by atoms with E-state index in [0.29, 0.717) is 17.3 Å². The monoisotopic (exact) mass is 297 g/mol. The summed E-state index contributed by atoms with van der Waals surface area (Å²) in [7, 11) is -3.60. The fourth-order valence-corrected chi connectivity index (χ4v) is 2.47. The number of nitrogens with zero attached hydrogens (tertiary/aromatic N) is 2. The first kappa shape index (κ1) is 14.3. The van der Waals surface area contributed by atoms with Gasteiger partial charge in [0.15, 0.2) is 5.82 Å². The maximum atomic E-state index is 11.9. The predicted molar refractivity (Wildman–Crippen MR) is 72.4 cm³/mol. The van der Waals surface area contributed by atoms with Gasteiger partial charge in [-0.25, -0.2) is 13.1 Å². The molecule has 1 amide bonds. The van der Waals surface area contributed by atoms with Gasteiger partial charge in [0.1, 0.15) is 5.76 Å². The molecule has 0 aliphatic carbocycles. The summed E-state index contributed by atoms with van der Waals surface area (Å²) in [5, 5.41) is 3.89. The number of hydrogen-bond donors (Lipinski definition) is 1. The van der Waals surface area contributed by atoms with Crippen molar-refractivity contribution in [3.63, 3.8) is 0 Å². The molecule has 2 heterocycles. The number of sulfonamides is 1. The second-order valence-corrected chi connectivity index (χ2v) is 6.37. The molecule has 0 spiro atoms. The van der Waals surface area contributed by atoms with E-state index in [-0.39, 0.29) is 5.56 Å². The lowest BCUT2D eigenvalue weighted by Crippen LogP contribution is -2.29. The van der Waals surface area contributed by atoms with Crippen LogP contribution in [0.25, 0.3) is 5.82 Å². The van der Waals surface area contributed by atoms with Crippen molar-refractivity contribution >= 4 is 15.9 Å². The normalized spacial score (nSPS) is 11.6. The van der Waals surface area contributed by atoms with Gasteiger partial charge in [0.2, 0.25) is 10.0 Å². The number of nitrogens with one attached hydrogen (secondary N) is 1. The van der Waals surface area contributed by atoms with Crippen molar-refractivity contribution in [1.29, 1.82) is 0 Å². The second-order valence-electron chi connectivity index (χ2n) is 4.62. The van der Waals surface area contributed by atoms with Gasteiger partial charge in [0, 0.05) is 17.5 Å². The van der Waals surface area contributed by atoms with E-state index >= 15 is 0 Å². The topological polar surface area (TPSA) is 94.2 Å². The van der Waals surface area contributed by atoms with Crippen LogP contribution < -0.4 is 4.72 Å². The number of aryl methyl sites for hydroxylation is 2. The quantitative estimate of drug-likeness (QED) is 0.914. The van der Waals surface area contributed by atoms with E-state index in [1.165, 1.54) is 0 Å². The summed E-state index contributed by atoms with van der Waals surface area (Å²) in [6.45, 7) is 5.28. The van der Waals surface area contributed by atoms with Crippen molar-refractivity contribution in [3.8, 4) is 5.82 Å². The zero-order valence-corrected chi connectivity index (χ0v) is 12.4. The summed E-state index contributed by atoms with van der Waals surface area (Å²) < 4.78 is 30.9. The second kappa shape index (κ2) is 4.78. The first-order chi connectivity index (χ1) is 9.19. The van der Waals surface area contributed by atoms with Crippen LogP contribution in [0.1, 0.15) is 27.5 Å². The van der Waals surface area contributed by atoms with Crippen LogP contribution in [0.15, 0.2) is 16.7 Å². The highest BCUT2D eigenvalue weighted by molar-refractivity contribution is 7.89. The Bertz CT molecular complexity index is 771. The molecule has 0 unspecified atom stereocenters. The molecular weight excluding hydrogens is 282 g/mol. The minimum absolute atomic E-state index is 0.286. The first-order valence-electron chi connectivity index (χ1n) is 5.84. The third kappa shape index (κ3) is 2.74. The Hall–Kier alpha value is -2.09. The zero-order chi connectivity index (χ0) is 15.1. The largest absolute Gasteiger partial charge is 0.360 e. The molecule has 20 heavy (non-hydrogen) atoms. The van der Waals surface area contributed by atoms with Gasteiger partial charge in [-0.2, -0.15) is 0 Å². The van der Waals surface area contributed by atoms with E-state index in [9.17, 15) is 13.2 Å². The van der Waals surface area contributed by atoms with Gasteiger partial charge in [0.25, 0.3) is 5.91 Å². The minimum atomic E-state index is -3.60. The van der Waals surface area contributed by atoms with Crippen LogP contribution in [0.5, 0.6) is 0 Å². The highest BCUT2D eigenvalue weighted by atomic mass is 32.2. The van der Waals surface area contributed by atoms with E-state index < -0.39 is 15.9 Å². The van der Waals surface area contributed by atoms with Crippen LogP contribution in [0, 0.1) is 20.8 Å². The molecule has 2 rings (SSSR count). The number of amides is 1. The molecule has 0 saturated heterocycles. The standard InChI is InChI=1S/C12H15N3O4S/c1-7-5-10(12(16)14-20(4,17)18)9(3)15(7)11-6-8(2)19-13-11/h5-6H,1-4H3,(H,14,16). The van der Waals surface area contributed by atoms with Crippen LogP contribution in [-0.2, 0) is 10.0 Å². The van der Waals surface area contributed by atoms with Crippen LogP contribution in [0.2, 0.25) is 0 Å². The SMILES string of the molecule is Cc1cc(-n2c(C)cc(C(=O)NS(C)(=O)=O)c2C)no1. The van der Waals surface area contributed by atoms with Gasteiger partial charge < -0.3 is 4.52 Å². The maximum absolute atomic E-state index is 11.9. The van der Waals surface area contributed by atoms with Crippen molar-refractivity contribution in [3.05, 3.63) is 34.8 Å². The summed E-state index contributed by atoms with van der Waals surface area (Å²) >= 11 is 0. The Kier molecular flexibility index (Phi) is 3.43. The molecule has 7 nitrogen and oxygen atoms in total. The number of carbonyl (C=O) groups excluding carboxylic acids is 1. The average Bonchev–Trinajstić information content (AvgIpc) is 2.81. The Morgan fingerprint density at radius 1 is 1.30 bits per heavy atom. The van der Waals surface area contributed by atoms with Crippen LogP contribution in [0.4, 0.5) is 0 Å². The predicted octanol–water partition coefficient (Wildman–Crippen LogP) is 1.08. The molecule has 0 saturated carbocycles. The highest BCUT2D eigenvalue weighted by Crippen LogP contribution is 2.20. The highest BCUT2D eigenvalue weighted by Gasteiger charge is 2.20. The number of hydrogen-bond acceptors (Lipinski definition) is 5. The molecule has 108 valence electrons. The fourth-order valence-electron chi connectivity index (χ4n) is 2.03. The average molecular weight is 297 g/mol. The van der Waals surface area contributed by atoms with Gasteiger partial charge in [-0.05, 0) is 26.8 Å². The number of carbonyl (C=O) groups is 1. The molecular formula is C12H15N3O4S. The molecule has 0 aliphatic rings. The Labute approximate surface area is 116 Å². The van der Waals surface area contributed by atoms with Crippen LogP contribution >= 0.6 is 0 Å². The molecule has 0 aromatic carbocycles. The van der Waals surface area contributed by atoms with E-state index in [2.05, 4.69) is 5.16 Å². The zero-order valence-electron chi connectivity index (χ0n) is 11.6. The van der Waals surface area contributed by atoms with Crippen molar-refractivity contribution in [1.82, 2.24) is 14.4 Å². The minimum Gasteiger partial charge on any atom is -0.360 e. The summed E-state index contributed by atoms with van der Waals surface area (Å²) in [5.74, 6) is 0.539. The van der Waals surface area contributed by atoms with Gasteiger partial charge >= 0.3 is 0 Å². The van der Waals surface area contributed by atoms with Crippen LogP contribution in [0.3, 0.4) is 0 Å². The summed E-state index contributed by atoms with van der Waals surface area (Å²) in [6, 6.07) is 3.35. The molecule has 8 heteroatoms. The molecule has 0 aliphatic heterocycles. The van der Waals surface area contributed by atoms with Crippen molar-refractivity contribution in [2.45, 2.75) is 20.8 Å². The van der Waals surface area contributed by atoms with E-state index in [1.54, 1.807) is 37.5 Å². The number of rotatable bonds is 3. The van der Waals surface area contributed by atoms with Crippen molar-refractivity contribution < 1.29 is 17.7 Å². The van der Waals surface area contributed by atoms with Gasteiger partial charge in [0.05, 0.1) is 11.8 Å². The van der Waals surface area contributed by atoms with Gasteiger partial charge in [-0.1, -0.05) is 5.16 Å². The lowest BCUT2D eigenvalue weighted by molar-refractivity contribution is 0.0981. The molecule has 0 bridgehead atoms. The fraction of sp³-hybridized carbons (Fsp3) is 0.333. The number of aromatic nitrogens is 2. The molecule has 2 aromatic heterocycles. The lowest BCUT2D eigenvalue weighted by Gasteiger charge is -2.05. The van der Waals surface area contributed by atoms with Crippen LogP contribution in [-0.4, -0.2) is 30.3 Å².